The summed E-state index contributed by atoms with van der Waals surface area (Å²) in [6, 6.07) is 13.1. The van der Waals surface area contributed by atoms with Crippen molar-refractivity contribution in [3.8, 4) is 12.1 Å². The second-order valence-electron chi connectivity index (χ2n) is 3.02. The monoisotopic (exact) mass is 209 g/mol. The van der Waals surface area contributed by atoms with Crippen LogP contribution in [0.15, 0.2) is 30.3 Å². The molecular weight excluding hydrogens is 202 g/mol. The van der Waals surface area contributed by atoms with Crippen LogP contribution in [0, 0.1) is 22.7 Å². The number of nitriles is 2. The van der Waals surface area contributed by atoms with E-state index < -0.39 is 0 Å². The van der Waals surface area contributed by atoms with Gasteiger partial charge in [0.2, 0.25) is 5.95 Å². The van der Waals surface area contributed by atoms with Crippen molar-refractivity contribution in [2.75, 3.05) is 5.32 Å². The van der Waals surface area contributed by atoms with E-state index in [1.54, 1.807) is 0 Å². The average Bonchev–Trinajstić information content (AvgIpc) is 2.72. The minimum absolute atomic E-state index is 0.0981. The fourth-order valence-electron chi connectivity index (χ4n) is 1.25. The standard InChI is InChI=1S/C11H7N5/c12-6-9-10(7-13)16-11(15-9)14-8-4-2-1-3-5-8/h1-5H,(H2,14,15,16). The highest BCUT2D eigenvalue weighted by molar-refractivity contribution is 5.55. The van der Waals surface area contributed by atoms with Crippen molar-refractivity contribution in [2.45, 2.75) is 0 Å². The molecule has 76 valence electrons. The zero-order valence-corrected chi connectivity index (χ0v) is 8.23. The van der Waals surface area contributed by atoms with E-state index in [1.807, 2.05) is 42.5 Å². The van der Waals surface area contributed by atoms with Crippen molar-refractivity contribution >= 4 is 11.6 Å². The highest BCUT2D eigenvalue weighted by atomic mass is 15.1. The van der Waals surface area contributed by atoms with Crippen molar-refractivity contribution in [3.05, 3.63) is 41.7 Å². The summed E-state index contributed by atoms with van der Waals surface area (Å²) >= 11 is 0. The Morgan fingerprint density at radius 2 is 1.88 bits per heavy atom. The predicted octanol–water partition coefficient (Wildman–Crippen LogP) is 1.90. The van der Waals surface area contributed by atoms with E-state index in [4.69, 9.17) is 10.5 Å². The molecule has 1 aromatic carbocycles. The molecule has 0 bridgehead atoms. The van der Waals surface area contributed by atoms with Crippen LogP contribution in [-0.4, -0.2) is 9.97 Å². The predicted molar refractivity (Wildman–Crippen MR) is 57.7 cm³/mol. The van der Waals surface area contributed by atoms with E-state index in [1.165, 1.54) is 0 Å². The number of imidazole rings is 1. The van der Waals surface area contributed by atoms with Gasteiger partial charge in [-0.1, -0.05) is 18.2 Å². The summed E-state index contributed by atoms with van der Waals surface area (Å²) in [5.74, 6) is 0.388. The maximum atomic E-state index is 8.73. The first-order chi connectivity index (χ1) is 7.83. The Labute approximate surface area is 92.0 Å². The Morgan fingerprint density at radius 3 is 2.44 bits per heavy atom. The lowest BCUT2D eigenvalue weighted by Gasteiger charge is -2.00. The first kappa shape index (κ1) is 9.75. The van der Waals surface area contributed by atoms with Crippen LogP contribution in [0.1, 0.15) is 11.4 Å². The maximum absolute atomic E-state index is 8.73. The fraction of sp³-hybridized carbons (Fsp3) is 0. The number of aromatic nitrogens is 2. The summed E-state index contributed by atoms with van der Waals surface area (Å²) < 4.78 is 0. The van der Waals surface area contributed by atoms with Gasteiger partial charge in [0.1, 0.15) is 12.1 Å². The van der Waals surface area contributed by atoms with Gasteiger partial charge in [0, 0.05) is 5.69 Å². The number of aromatic amines is 1. The Balaban J connectivity index is 2.28. The van der Waals surface area contributed by atoms with E-state index in [2.05, 4.69) is 15.3 Å². The van der Waals surface area contributed by atoms with Crippen LogP contribution in [0.5, 0.6) is 0 Å². The number of anilines is 2. The molecule has 1 aromatic heterocycles. The van der Waals surface area contributed by atoms with Gasteiger partial charge >= 0.3 is 0 Å². The van der Waals surface area contributed by atoms with Gasteiger partial charge in [-0.05, 0) is 12.1 Å². The summed E-state index contributed by atoms with van der Waals surface area (Å²) in [7, 11) is 0. The van der Waals surface area contributed by atoms with Gasteiger partial charge in [-0.3, -0.25) is 0 Å². The molecule has 0 aliphatic carbocycles. The van der Waals surface area contributed by atoms with Crippen molar-refractivity contribution < 1.29 is 0 Å². The molecule has 0 radical (unpaired) electrons. The Hall–Kier alpha value is -2.79. The van der Waals surface area contributed by atoms with Crippen LogP contribution in [0.4, 0.5) is 11.6 Å². The van der Waals surface area contributed by atoms with E-state index in [0.29, 0.717) is 5.95 Å². The van der Waals surface area contributed by atoms with E-state index in [9.17, 15) is 0 Å². The number of H-pyrrole nitrogens is 1. The Morgan fingerprint density at radius 1 is 1.12 bits per heavy atom. The van der Waals surface area contributed by atoms with Gasteiger partial charge in [-0.25, -0.2) is 4.98 Å². The van der Waals surface area contributed by atoms with Crippen LogP contribution < -0.4 is 5.32 Å². The summed E-state index contributed by atoms with van der Waals surface area (Å²) in [5, 5.41) is 20.4. The zero-order valence-electron chi connectivity index (χ0n) is 8.23. The van der Waals surface area contributed by atoms with Crippen molar-refractivity contribution in [3.63, 3.8) is 0 Å². The fourth-order valence-corrected chi connectivity index (χ4v) is 1.25. The molecular formula is C11H7N5. The molecule has 0 spiro atoms. The topological polar surface area (TPSA) is 88.3 Å². The molecule has 0 aliphatic heterocycles. The molecule has 0 fully saturated rings. The normalized spacial score (nSPS) is 9.12. The summed E-state index contributed by atoms with van der Waals surface area (Å²) in [6.07, 6.45) is 0. The maximum Gasteiger partial charge on any atom is 0.207 e. The number of benzene rings is 1. The molecule has 1 heterocycles. The minimum atomic E-state index is 0.0981. The van der Waals surface area contributed by atoms with Gasteiger partial charge in [-0.2, -0.15) is 10.5 Å². The molecule has 16 heavy (non-hydrogen) atoms. The molecule has 0 saturated heterocycles. The Bertz CT molecular complexity index is 539. The second kappa shape index (κ2) is 4.16. The van der Waals surface area contributed by atoms with E-state index in [-0.39, 0.29) is 11.4 Å². The van der Waals surface area contributed by atoms with Crippen LogP contribution in [0.25, 0.3) is 0 Å². The quantitative estimate of drug-likeness (QED) is 0.790. The summed E-state index contributed by atoms with van der Waals surface area (Å²) in [4.78, 5) is 6.67. The molecule has 5 nitrogen and oxygen atoms in total. The number of para-hydroxylation sites is 1. The largest absolute Gasteiger partial charge is 0.326 e. The first-order valence-electron chi connectivity index (χ1n) is 4.56. The molecule has 0 amide bonds. The molecule has 2 aromatic rings. The van der Waals surface area contributed by atoms with Crippen LogP contribution in [-0.2, 0) is 0 Å². The number of hydrogen-bond donors (Lipinski definition) is 2. The third-order valence-corrected chi connectivity index (χ3v) is 1.96. The highest BCUT2D eigenvalue weighted by Gasteiger charge is 2.08. The third kappa shape index (κ3) is 1.84. The molecule has 2 N–H and O–H groups in total. The zero-order chi connectivity index (χ0) is 11.4. The Kier molecular flexibility index (Phi) is 2.53. The molecule has 5 heteroatoms. The SMILES string of the molecule is N#Cc1nc(Nc2ccccc2)[nH]c1C#N. The lowest BCUT2D eigenvalue weighted by Crippen LogP contribution is -1.91. The van der Waals surface area contributed by atoms with Crippen molar-refractivity contribution in [1.82, 2.24) is 9.97 Å². The molecule has 0 unspecified atom stereocenters. The number of rotatable bonds is 2. The molecule has 0 aliphatic rings. The number of nitrogens with one attached hydrogen (secondary N) is 2. The van der Waals surface area contributed by atoms with Gasteiger partial charge in [0.15, 0.2) is 11.4 Å². The van der Waals surface area contributed by atoms with Gasteiger partial charge in [-0.15, -0.1) is 0 Å². The van der Waals surface area contributed by atoms with Gasteiger partial charge < -0.3 is 10.3 Å². The number of nitrogens with zero attached hydrogens (tertiary/aromatic N) is 3. The lowest BCUT2D eigenvalue weighted by atomic mass is 10.3. The van der Waals surface area contributed by atoms with Gasteiger partial charge in [0.05, 0.1) is 0 Å². The summed E-state index contributed by atoms with van der Waals surface area (Å²) in [5.41, 5.74) is 1.10. The molecule has 0 atom stereocenters. The van der Waals surface area contributed by atoms with Gasteiger partial charge in [0.25, 0.3) is 0 Å². The summed E-state index contributed by atoms with van der Waals surface area (Å²) in [6.45, 7) is 0. The minimum Gasteiger partial charge on any atom is -0.326 e. The molecule has 0 saturated carbocycles. The van der Waals surface area contributed by atoms with E-state index >= 15 is 0 Å². The highest BCUT2D eigenvalue weighted by Crippen LogP contribution is 2.14. The number of hydrogen-bond acceptors (Lipinski definition) is 4. The van der Waals surface area contributed by atoms with Crippen LogP contribution >= 0.6 is 0 Å². The lowest BCUT2D eigenvalue weighted by molar-refractivity contribution is 1.27. The smallest absolute Gasteiger partial charge is 0.207 e. The first-order valence-corrected chi connectivity index (χ1v) is 4.56. The van der Waals surface area contributed by atoms with E-state index in [0.717, 1.165) is 5.69 Å². The van der Waals surface area contributed by atoms with Crippen LogP contribution in [0.2, 0.25) is 0 Å². The second-order valence-corrected chi connectivity index (χ2v) is 3.02. The average molecular weight is 209 g/mol. The van der Waals surface area contributed by atoms with Crippen molar-refractivity contribution in [2.24, 2.45) is 0 Å². The third-order valence-electron chi connectivity index (χ3n) is 1.96. The van der Waals surface area contributed by atoms with Crippen LogP contribution in [0.3, 0.4) is 0 Å². The molecule has 2 rings (SSSR count). The van der Waals surface area contributed by atoms with Crippen molar-refractivity contribution in [1.29, 1.82) is 10.5 Å².